The van der Waals surface area contributed by atoms with Gasteiger partial charge in [0.25, 0.3) is 0 Å². The molecule has 80 valence electrons. The summed E-state index contributed by atoms with van der Waals surface area (Å²) in [6, 6.07) is 0. The van der Waals surface area contributed by atoms with Gasteiger partial charge in [0.05, 0.1) is 0 Å². The van der Waals surface area contributed by atoms with Gasteiger partial charge in [-0.2, -0.15) is 0 Å². The molecule has 0 nitrogen and oxygen atoms in total. The minimum atomic E-state index is 0.505. The Labute approximate surface area is 88.8 Å². The van der Waals surface area contributed by atoms with E-state index in [2.05, 4.69) is 27.7 Å². The van der Waals surface area contributed by atoms with E-state index in [1.165, 1.54) is 38.5 Å². The summed E-state index contributed by atoms with van der Waals surface area (Å²) in [4.78, 5) is 0. The molecule has 0 saturated carbocycles. The average Bonchev–Trinajstić information content (AvgIpc) is 2.05. The van der Waals surface area contributed by atoms with Crippen LogP contribution in [0, 0.1) is 10.8 Å². The Morgan fingerprint density at radius 3 is 1.43 bits per heavy atom. The fourth-order valence-corrected chi connectivity index (χ4v) is 3.51. The van der Waals surface area contributed by atoms with E-state index in [0.717, 1.165) is 0 Å². The lowest BCUT2D eigenvalue weighted by Crippen LogP contribution is -2.30. The summed E-state index contributed by atoms with van der Waals surface area (Å²) >= 11 is 0. The molecule has 0 heterocycles. The van der Waals surface area contributed by atoms with Crippen molar-refractivity contribution in [3.8, 4) is 0 Å². The zero-order valence-corrected chi connectivity index (χ0v) is 10.2. The molecule has 0 aromatic heterocycles. The minimum Gasteiger partial charge on any atom is -0.0648 e. The molecule has 0 atom stereocenters. The first-order valence-electron chi connectivity index (χ1n) is 6.16. The maximum absolute atomic E-state index is 2.45. The second-order valence-electron chi connectivity index (χ2n) is 6.43. The maximum Gasteiger partial charge on any atom is -0.0142 e. The van der Waals surface area contributed by atoms with Crippen molar-refractivity contribution in [2.45, 2.75) is 66.2 Å². The minimum absolute atomic E-state index is 0.505. The topological polar surface area (TPSA) is 0 Å². The Morgan fingerprint density at radius 2 is 1.07 bits per heavy atom. The SMILES string of the molecule is CC1(C)CCCC2=C1CCCC2(C)C. The molecule has 0 bridgehead atoms. The van der Waals surface area contributed by atoms with Crippen molar-refractivity contribution < 1.29 is 0 Å². The molecule has 2 rings (SSSR count). The van der Waals surface area contributed by atoms with Crippen LogP contribution in [0.3, 0.4) is 0 Å². The van der Waals surface area contributed by atoms with Gasteiger partial charge < -0.3 is 0 Å². The van der Waals surface area contributed by atoms with Crippen molar-refractivity contribution in [3.05, 3.63) is 11.1 Å². The summed E-state index contributed by atoms with van der Waals surface area (Å²) in [7, 11) is 0. The van der Waals surface area contributed by atoms with Gasteiger partial charge in [0, 0.05) is 0 Å². The summed E-state index contributed by atoms with van der Waals surface area (Å²) in [6.45, 7) is 9.79. The highest BCUT2D eigenvalue weighted by molar-refractivity contribution is 5.30. The van der Waals surface area contributed by atoms with Gasteiger partial charge in [-0.25, -0.2) is 0 Å². The van der Waals surface area contributed by atoms with Crippen LogP contribution >= 0.6 is 0 Å². The quantitative estimate of drug-likeness (QED) is 0.488. The molecule has 0 unspecified atom stereocenters. The Morgan fingerprint density at radius 1 is 0.714 bits per heavy atom. The summed E-state index contributed by atoms with van der Waals surface area (Å²) < 4.78 is 0. The molecule has 0 aromatic rings. The van der Waals surface area contributed by atoms with Gasteiger partial charge in [-0.1, -0.05) is 38.8 Å². The van der Waals surface area contributed by atoms with Crippen LogP contribution in [0.5, 0.6) is 0 Å². The van der Waals surface area contributed by atoms with Crippen LogP contribution < -0.4 is 0 Å². The summed E-state index contributed by atoms with van der Waals surface area (Å²) in [5.74, 6) is 0. The van der Waals surface area contributed by atoms with Crippen LogP contribution in [0.4, 0.5) is 0 Å². The van der Waals surface area contributed by atoms with E-state index >= 15 is 0 Å². The Bertz CT molecular complexity index is 238. The third-order valence-electron chi connectivity index (χ3n) is 4.46. The normalized spacial score (nSPS) is 30.0. The lowest BCUT2D eigenvalue weighted by atomic mass is 9.61. The molecule has 0 saturated heterocycles. The molecule has 0 radical (unpaired) electrons. The van der Waals surface area contributed by atoms with Gasteiger partial charge in [0.2, 0.25) is 0 Å². The van der Waals surface area contributed by atoms with Crippen LogP contribution in [0.2, 0.25) is 0 Å². The van der Waals surface area contributed by atoms with Gasteiger partial charge in [0.15, 0.2) is 0 Å². The van der Waals surface area contributed by atoms with Crippen LogP contribution in [0.25, 0.3) is 0 Å². The first-order valence-corrected chi connectivity index (χ1v) is 6.16. The first-order chi connectivity index (χ1) is 6.43. The third-order valence-corrected chi connectivity index (χ3v) is 4.46. The molecular formula is C14H24. The van der Waals surface area contributed by atoms with E-state index in [1.54, 1.807) is 0 Å². The molecular weight excluding hydrogens is 168 g/mol. The van der Waals surface area contributed by atoms with Gasteiger partial charge in [-0.05, 0) is 49.4 Å². The van der Waals surface area contributed by atoms with E-state index in [0.29, 0.717) is 10.8 Å². The van der Waals surface area contributed by atoms with Crippen molar-refractivity contribution in [1.29, 1.82) is 0 Å². The van der Waals surface area contributed by atoms with E-state index in [1.807, 2.05) is 11.1 Å². The Balaban J connectivity index is 2.44. The molecule has 0 N–H and O–H groups in total. The lowest BCUT2D eigenvalue weighted by molar-refractivity contribution is 0.267. The smallest absolute Gasteiger partial charge is 0.0142 e. The average molecular weight is 192 g/mol. The molecule has 2 aliphatic rings. The molecule has 0 spiro atoms. The number of allylic oxidation sites excluding steroid dienone is 2. The first kappa shape index (κ1) is 10.3. The third kappa shape index (κ3) is 1.53. The number of hydrogen-bond acceptors (Lipinski definition) is 0. The van der Waals surface area contributed by atoms with Crippen molar-refractivity contribution >= 4 is 0 Å². The fourth-order valence-electron chi connectivity index (χ4n) is 3.51. The van der Waals surface area contributed by atoms with E-state index in [9.17, 15) is 0 Å². The summed E-state index contributed by atoms with van der Waals surface area (Å²) in [6.07, 6.45) is 8.39. The lowest BCUT2D eigenvalue weighted by Gasteiger charge is -2.45. The monoisotopic (exact) mass is 192 g/mol. The maximum atomic E-state index is 2.45. The largest absolute Gasteiger partial charge is 0.0648 e. The van der Waals surface area contributed by atoms with Crippen molar-refractivity contribution in [2.24, 2.45) is 10.8 Å². The van der Waals surface area contributed by atoms with Gasteiger partial charge >= 0.3 is 0 Å². The summed E-state index contributed by atoms with van der Waals surface area (Å²) in [5, 5.41) is 0. The zero-order valence-electron chi connectivity index (χ0n) is 10.2. The second-order valence-corrected chi connectivity index (χ2v) is 6.43. The van der Waals surface area contributed by atoms with Crippen LogP contribution in [-0.4, -0.2) is 0 Å². The van der Waals surface area contributed by atoms with Crippen molar-refractivity contribution in [1.82, 2.24) is 0 Å². The highest BCUT2D eigenvalue weighted by atomic mass is 14.4. The number of rotatable bonds is 0. The second kappa shape index (κ2) is 3.12. The molecule has 14 heavy (non-hydrogen) atoms. The Hall–Kier alpha value is -0.260. The van der Waals surface area contributed by atoms with Gasteiger partial charge in [0.1, 0.15) is 0 Å². The van der Waals surface area contributed by atoms with Crippen LogP contribution in [-0.2, 0) is 0 Å². The van der Waals surface area contributed by atoms with Crippen LogP contribution in [0.1, 0.15) is 66.2 Å². The van der Waals surface area contributed by atoms with Gasteiger partial charge in [-0.15, -0.1) is 0 Å². The van der Waals surface area contributed by atoms with E-state index in [4.69, 9.17) is 0 Å². The fraction of sp³-hybridized carbons (Fsp3) is 0.857. The highest BCUT2D eigenvalue weighted by Crippen LogP contribution is 2.52. The van der Waals surface area contributed by atoms with Gasteiger partial charge in [-0.3, -0.25) is 0 Å². The van der Waals surface area contributed by atoms with E-state index in [-0.39, 0.29) is 0 Å². The van der Waals surface area contributed by atoms with Crippen LogP contribution in [0.15, 0.2) is 11.1 Å². The summed E-state index contributed by atoms with van der Waals surface area (Å²) in [5.41, 5.74) is 4.65. The molecule has 0 heteroatoms. The predicted molar refractivity (Wildman–Crippen MR) is 62.3 cm³/mol. The van der Waals surface area contributed by atoms with E-state index < -0.39 is 0 Å². The molecule has 0 aromatic carbocycles. The highest BCUT2D eigenvalue weighted by Gasteiger charge is 2.37. The molecule has 0 amide bonds. The van der Waals surface area contributed by atoms with Crippen molar-refractivity contribution in [2.75, 3.05) is 0 Å². The molecule has 0 fully saturated rings. The standard InChI is InChI=1S/C14H24/c1-13(2)9-5-8-12-11(13)7-6-10-14(12,3)4/h5-10H2,1-4H3. The molecule has 2 aliphatic carbocycles. The zero-order chi connectivity index (χ0) is 10.4. The molecule has 0 aliphatic heterocycles. The predicted octanol–water partition coefficient (Wildman–Crippen LogP) is 4.70. The van der Waals surface area contributed by atoms with Crippen molar-refractivity contribution in [3.63, 3.8) is 0 Å². The Kier molecular flexibility index (Phi) is 2.28. The number of hydrogen-bond donors (Lipinski definition) is 0.